The average molecular weight is 245 g/mol. The van der Waals surface area contributed by atoms with Gasteiger partial charge in [-0.15, -0.1) is 0 Å². The number of aromatic amines is 1. The summed E-state index contributed by atoms with van der Waals surface area (Å²) < 4.78 is 0. The fraction of sp³-hybridized carbons (Fsp3) is 0.167. The number of hydrogen-bond acceptors (Lipinski definition) is 3. The molecule has 6 nitrogen and oxygen atoms in total. The minimum Gasteiger partial charge on any atom is -0.379 e. The number of benzene rings is 1. The molecule has 1 heterocycles. The lowest BCUT2D eigenvalue weighted by molar-refractivity contribution is 0.254. The second-order valence-electron chi connectivity index (χ2n) is 3.71. The second-order valence-corrected chi connectivity index (χ2v) is 3.71. The number of imidazole rings is 1. The maximum Gasteiger partial charge on any atom is 0.318 e. The van der Waals surface area contributed by atoms with E-state index in [2.05, 4.69) is 25.9 Å². The van der Waals surface area contributed by atoms with Gasteiger partial charge in [-0.2, -0.15) is 0 Å². The van der Waals surface area contributed by atoms with Gasteiger partial charge < -0.3 is 20.9 Å². The highest BCUT2D eigenvalue weighted by Crippen LogP contribution is 2.14. The van der Waals surface area contributed by atoms with Crippen molar-refractivity contribution in [2.45, 2.75) is 6.54 Å². The van der Waals surface area contributed by atoms with Crippen LogP contribution < -0.4 is 16.0 Å². The zero-order chi connectivity index (χ0) is 12.8. The molecule has 0 aliphatic rings. The molecule has 6 heteroatoms. The van der Waals surface area contributed by atoms with Crippen LogP contribution in [0, 0.1) is 0 Å². The first-order valence-corrected chi connectivity index (χ1v) is 5.58. The zero-order valence-electron chi connectivity index (χ0n) is 10.0. The summed E-state index contributed by atoms with van der Waals surface area (Å²) in [5.74, 6) is 0. The van der Waals surface area contributed by atoms with Gasteiger partial charge in [0.15, 0.2) is 0 Å². The van der Waals surface area contributed by atoms with Gasteiger partial charge in [-0.25, -0.2) is 9.78 Å². The largest absolute Gasteiger partial charge is 0.379 e. The van der Waals surface area contributed by atoms with Crippen molar-refractivity contribution >= 4 is 17.4 Å². The van der Waals surface area contributed by atoms with Crippen LogP contribution in [0.5, 0.6) is 0 Å². The number of carbonyl (C=O) groups excluding carboxylic acids is 1. The fourth-order valence-corrected chi connectivity index (χ4v) is 1.44. The molecule has 0 saturated carbocycles. The summed E-state index contributed by atoms with van der Waals surface area (Å²) in [6, 6.07) is 7.26. The molecule has 1 aromatic heterocycles. The van der Waals surface area contributed by atoms with Gasteiger partial charge in [0.25, 0.3) is 0 Å². The third-order valence-electron chi connectivity index (χ3n) is 2.41. The molecule has 0 fully saturated rings. The Morgan fingerprint density at radius 3 is 2.61 bits per heavy atom. The van der Waals surface area contributed by atoms with Crippen LogP contribution in [0.1, 0.15) is 5.69 Å². The van der Waals surface area contributed by atoms with Crippen molar-refractivity contribution in [1.29, 1.82) is 0 Å². The quantitative estimate of drug-likeness (QED) is 0.662. The van der Waals surface area contributed by atoms with Gasteiger partial charge in [0.05, 0.1) is 18.6 Å². The highest BCUT2D eigenvalue weighted by Gasteiger charge is 1.99. The van der Waals surface area contributed by atoms with Gasteiger partial charge in [0.1, 0.15) is 0 Å². The van der Waals surface area contributed by atoms with E-state index in [1.54, 1.807) is 19.6 Å². The second kappa shape index (κ2) is 5.72. The van der Waals surface area contributed by atoms with Crippen molar-refractivity contribution < 1.29 is 4.79 Å². The molecule has 2 rings (SSSR count). The molecule has 0 radical (unpaired) electrons. The summed E-state index contributed by atoms with van der Waals surface area (Å²) in [4.78, 5) is 18.1. The molecule has 0 aliphatic carbocycles. The first-order chi connectivity index (χ1) is 8.78. The van der Waals surface area contributed by atoms with Gasteiger partial charge in [-0.3, -0.25) is 0 Å². The van der Waals surface area contributed by atoms with E-state index in [0.29, 0.717) is 6.54 Å². The van der Waals surface area contributed by atoms with Crippen molar-refractivity contribution in [3.63, 3.8) is 0 Å². The Morgan fingerprint density at radius 2 is 2.00 bits per heavy atom. The lowest BCUT2D eigenvalue weighted by atomic mass is 10.2. The van der Waals surface area contributed by atoms with E-state index in [9.17, 15) is 4.79 Å². The summed E-state index contributed by atoms with van der Waals surface area (Å²) in [5, 5.41) is 8.43. The monoisotopic (exact) mass is 245 g/mol. The Labute approximate surface area is 105 Å². The highest BCUT2D eigenvalue weighted by molar-refractivity contribution is 5.89. The maximum atomic E-state index is 11.1. The molecule has 94 valence electrons. The van der Waals surface area contributed by atoms with Crippen LogP contribution in [0.4, 0.5) is 16.2 Å². The third kappa shape index (κ3) is 3.24. The van der Waals surface area contributed by atoms with Gasteiger partial charge in [-0.1, -0.05) is 0 Å². The fourth-order valence-electron chi connectivity index (χ4n) is 1.44. The minimum atomic E-state index is -0.229. The van der Waals surface area contributed by atoms with Gasteiger partial charge >= 0.3 is 6.03 Å². The Bertz CT molecular complexity index is 492. The molecular formula is C12H15N5O. The Balaban J connectivity index is 1.89. The van der Waals surface area contributed by atoms with Crippen molar-refractivity contribution in [3.8, 4) is 0 Å². The van der Waals surface area contributed by atoms with E-state index < -0.39 is 0 Å². The summed E-state index contributed by atoms with van der Waals surface area (Å²) in [5.41, 5.74) is 2.75. The number of urea groups is 1. The summed E-state index contributed by atoms with van der Waals surface area (Å²) >= 11 is 0. The van der Waals surface area contributed by atoms with Gasteiger partial charge in [0, 0.05) is 24.6 Å². The number of amides is 2. The SMILES string of the molecule is CNC(=O)Nc1ccc(NCc2cnc[nH]2)cc1. The van der Waals surface area contributed by atoms with Crippen LogP contribution >= 0.6 is 0 Å². The first kappa shape index (κ1) is 12.0. The van der Waals surface area contributed by atoms with E-state index in [1.165, 1.54) is 0 Å². The molecule has 1 aromatic carbocycles. The number of aromatic nitrogens is 2. The molecule has 0 saturated heterocycles. The number of anilines is 2. The van der Waals surface area contributed by atoms with Gasteiger partial charge in [-0.05, 0) is 24.3 Å². The van der Waals surface area contributed by atoms with Crippen LogP contribution in [0.3, 0.4) is 0 Å². The lowest BCUT2D eigenvalue weighted by Crippen LogP contribution is -2.24. The third-order valence-corrected chi connectivity index (χ3v) is 2.41. The van der Waals surface area contributed by atoms with Crippen molar-refractivity contribution in [1.82, 2.24) is 15.3 Å². The minimum absolute atomic E-state index is 0.229. The average Bonchev–Trinajstić information content (AvgIpc) is 2.91. The standard InChI is InChI=1S/C12H15N5O/c1-13-12(18)17-10-4-2-9(3-5-10)15-7-11-6-14-8-16-11/h2-6,8,15H,7H2,1H3,(H,14,16)(H2,13,17,18). The van der Waals surface area contributed by atoms with E-state index in [4.69, 9.17) is 0 Å². The number of nitrogens with one attached hydrogen (secondary N) is 4. The molecule has 2 aromatic rings. The molecule has 18 heavy (non-hydrogen) atoms. The predicted molar refractivity (Wildman–Crippen MR) is 70.4 cm³/mol. The summed E-state index contributed by atoms with van der Waals surface area (Å²) in [6.07, 6.45) is 3.42. The predicted octanol–water partition coefficient (Wildman–Crippen LogP) is 1.77. The normalized spacial score (nSPS) is 9.83. The van der Waals surface area contributed by atoms with E-state index in [0.717, 1.165) is 17.1 Å². The van der Waals surface area contributed by atoms with Crippen molar-refractivity contribution in [3.05, 3.63) is 42.5 Å². The molecule has 0 unspecified atom stereocenters. The lowest BCUT2D eigenvalue weighted by Gasteiger charge is -2.07. The zero-order valence-corrected chi connectivity index (χ0v) is 10.0. The van der Waals surface area contributed by atoms with Crippen LogP contribution in [0.2, 0.25) is 0 Å². The van der Waals surface area contributed by atoms with Crippen LogP contribution in [-0.4, -0.2) is 23.0 Å². The maximum absolute atomic E-state index is 11.1. The first-order valence-electron chi connectivity index (χ1n) is 5.58. The van der Waals surface area contributed by atoms with Crippen LogP contribution in [0.15, 0.2) is 36.8 Å². The molecule has 0 atom stereocenters. The summed E-state index contributed by atoms with van der Waals surface area (Å²) in [7, 11) is 1.58. The number of carbonyl (C=O) groups is 1. The molecule has 0 aliphatic heterocycles. The van der Waals surface area contributed by atoms with E-state index in [-0.39, 0.29) is 6.03 Å². The van der Waals surface area contributed by atoms with Crippen molar-refractivity contribution in [2.24, 2.45) is 0 Å². The Kier molecular flexibility index (Phi) is 3.80. The van der Waals surface area contributed by atoms with Crippen LogP contribution in [-0.2, 0) is 6.54 Å². The summed E-state index contributed by atoms with van der Waals surface area (Å²) in [6.45, 7) is 0.683. The van der Waals surface area contributed by atoms with E-state index in [1.807, 2.05) is 24.3 Å². The van der Waals surface area contributed by atoms with Crippen LogP contribution in [0.25, 0.3) is 0 Å². The molecule has 0 spiro atoms. The molecular weight excluding hydrogens is 230 g/mol. The number of hydrogen-bond donors (Lipinski definition) is 4. The number of H-pyrrole nitrogens is 1. The van der Waals surface area contributed by atoms with Gasteiger partial charge in [0.2, 0.25) is 0 Å². The molecule has 0 bridgehead atoms. The Morgan fingerprint density at radius 1 is 1.28 bits per heavy atom. The Hall–Kier alpha value is -2.50. The molecule has 2 amide bonds. The topological polar surface area (TPSA) is 81.8 Å². The highest BCUT2D eigenvalue weighted by atomic mass is 16.2. The smallest absolute Gasteiger partial charge is 0.318 e. The van der Waals surface area contributed by atoms with Crippen molar-refractivity contribution in [2.75, 3.05) is 17.7 Å². The number of nitrogens with zero attached hydrogens (tertiary/aromatic N) is 1. The molecule has 4 N–H and O–H groups in total. The van der Waals surface area contributed by atoms with E-state index >= 15 is 0 Å². The number of rotatable bonds is 4.